The van der Waals surface area contributed by atoms with Crippen molar-refractivity contribution in [3.05, 3.63) is 79.7 Å². The van der Waals surface area contributed by atoms with Gasteiger partial charge in [-0.25, -0.2) is 9.97 Å². The summed E-state index contributed by atoms with van der Waals surface area (Å²) in [6, 6.07) is 14.7. The van der Waals surface area contributed by atoms with E-state index in [0.29, 0.717) is 35.7 Å². The Hall–Kier alpha value is -3.54. The summed E-state index contributed by atoms with van der Waals surface area (Å²) in [5, 5.41) is 0.555. The van der Waals surface area contributed by atoms with E-state index in [1.807, 2.05) is 48.5 Å². The van der Waals surface area contributed by atoms with E-state index in [9.17, 15) is 9.59 Å². The molecule has 2 aliphatic heterocycles. The molecule has 6 nitrogen and oxygen atoms in total. The molecule has 2 aromatic rings. The van der Waals surface area contributed by atoms with Gasteiger partial charge in [-0.1, -0.05) is 52.4 Å². The van der Waals surface area contributed by atoms with E-state index in [0.717, 1.165) is 37.2 Å². The van der Waals surface area contributed by atoms with Crippen molar-refractivity contribution < 1.29 is 9.47 Å². The van der Waals surface area contributed by atoms with Gasteiger partial charge in [0.15, 0.2) is 0 Å². The van der Waals surface area contributed by atoms with E-state index in [1.54, 1.807) is 0 Å². The van der Waals surface area contributed by atoms with Crippen molar-refractivity contribution in [2.45, 2.75) is 65.2 Å². The van der Waals surface area contributed by atoms with Crippen molar-refractivity contribution in [1.82, 2.24) is 9.97 Å². The highest BCUT2D eigenvalue weighted by Gasteiger charge is 2.19. The van der Waals surface area contributed by atoms with Crippen molar-refractivity contribution in [2.75, 3.05) is 13.2 Å². The predicted octanol–water partition coefficient (Wildman–Crippen LogP) is 6.05. The average Bonchev–Trinajstić information content (AvgIpc) is 3.42. The Labute approximate surface area is 211 Å². The largest absolute Gasteiger partial charge is 0.494 e. The average molecular weight is 487 g/mol. The molecule has 0 fully saturated rings. The quantitative estimate of drug-likeness (QED) is 0.202. The van der Waals surface area contributed by atoms with Crippen LogP contribution >= 0.6 is 0 Å². The summed E-state index contributed by atoms with van der Waals surface area (Å²) in [6.45, 7) is 5.71. The maximum Gasteiger partial charge on any atom is 0.280 e. The number of hydrogen-bond acceptors (Lipinski definition) is 6. The standard InChI is InChI=1S/C30H34N2O4/c1-3-5-7-9-19-35-23-15-11-21(12-16-23)27-25-26(30(34)31-27)28(32-29(25)33)22-13-17-24(18-14-22)36-20-10-8-6-4-2/h11-18H,3-10,19-20H2,1-2H3. The SMILES string of the molecule is CCCCCCOc1ccc(-c2nc(=O)c3c(-c4ccc(OCCCCCC)cc4)nc(=O)c2=3)cc1. The highest BCUT2D eigenvalue weighted by molar-refractivity contribution is 5.67. The van der Waals surface area contributed by atoms with Crippen LogP contribution in [-0.4, -0.2) is 23.2 Å². The van der Waals surface area contributed by atoms with Gasteiger partial charge in [0.1, 0.15) is 11.5 Å². The third kappa shape index (κ3) is 5.99. The van der Waals surface area contributed by atoms with E-state index < -0.39 is 11.1 Å². The molecule has 188 valence electrons. The summed E-state index contributed by atoms with van der Waals surface area (Å²) >= 11 is 0. The number of hydrogen-bond donors (Lipinski definition) is 0. The maximum atomic E-state index is 12.8. The zero-order valence-electron chi connectivity index (χ0n) is 21.2. The van der Waals surface area contributed by atoms with Gasteiger partial charge in [-0.2, -0.15) is 0 Å². The van der Waals surface area contributed by atoms with Crippen molar-refractivity contribution in [3.8, 4) is 34.0 Å². The Morgan fingerprint density at radius 2 is 0.944 bits per heavy atom. The van der Waals surface area contributed by atoms with E-state index >= 15 is 0 Å². The van der Waals surface area contributed by atoms with Gasteiger partial charge >= 0.3 is 0 Å². The molecule has 0 aromatic heterocycles. The van der Waals surface area contributed by atoms with Gasteiger partial charge in [0.2, 0.25) is 0 Å². The van der Waals surface area contributed by atoms with Gasteiger partial charge in [-0.05, 0) is 61.4 Å². The van der Waals surface area contributed by atoms with Crippen molar-refractivity contribution in [1.29, 1.82) is 0 Å². The summed E-state index contributed by atoms with van der Waals surface area (Å²) in [4.78, 5) is 34.1. The lowest BCUT2D eigenvalue weighted by Crippen LogP contribution is -2.04. The van der Waals surface area contributed by atoms with E-state index in [2.05, 4.69) is 23.8 Å². The molecule has 0 spiro atoms. The van der Waals surface area contributed by atoms with Crippen LogP contribution in [0.5, 0.6) is 11.5 Å². The zero-order chi connectivity index (χ0) is 25.3. The van der Waals surface area contributed by atoms with Gasteiger partial charge in [-0.3, -0.25) is 9.59 Å². The van der Waals surface area contributed by atoms with Crippen molar-refractivity contribution in [2.24, 2.45) is 0 Å². The van der Waals surface area contributed by atoms with Crippen LogP contribution in [0.15, 0.2) is 58.1 Å². The first-order valence-electron chi connectivity index (χ1n) is 13.1. The fraction of sp³-hybridized carbons (Fsp3) is 0.400. The first-order valence-corrected chi connectivity index (χ1v) is 13.1. The minimum atomic E-state index is -0.433. The molecule has 6 heteroatoms. The summed E-state index contributed by atoms with van der Waals surface area (Å²) in [5.41, 5.74) is 1.28. The second-order valence-corrected chi connectivity index (χ2v) is 9.15. The van der Waals surface area contributed by atoms with E-state index in [1.165, 1.54) is 25.7 Å². The second-order valence-electron chi connectivity index (χ2n) is 9.15. The number of ether oxygens (including phenoxy) is 2. The minimum Gasteiger partial charge on any atom is -0.494 e. The molecule has 0 aliphatic carbocycles. The van der Waals surface area contributed by atoms with Crippen LogP contribution < -0.4 is 20.6 Å². The predicted molar refractivity (Wildman–Crippen MR) is 142 cm³/mol. The highest BCUT2D eigenvalue weighted by atomic mass is 16.5. The Balaban J connectivity index is 1.52. The van der Waals surface area contributed by atoms with Gasteiger partial charge in [-0.15, -0.1) is 0 Å². The molecule has 0 atom stereocenters. The normalized spacial score (nSPS) is 11.3. The van der Waals surface area contributed by atoms with E-state index in [4.69, 9.17) is 9.47 Å². The second kappa shape index (κ2) is 12.4. The fourth-order valence-electron chi connectivity index (χ4n) is 4.35. The maximum absolute atomic E-state index is 12.8. The molecule has 0 bridgehead atoms. The van der Waals surface area contributed by atoms with Crippen LogP contribution in [0.2, 0.25) is 0 Å². The van der Waals surface area contributed by atoms with Gasteiger partial charge in [0, 0.05) is 11.1 Å². The molecule has 0 saturated heterocycles. The van der Waals surface area contributed by atoms with Crippen LogP contribution in [0, 0.1) is 10.4 Å². The van der Waals surface area contributed by atoms with Gasteiger partial charge in [0.25, 0.3) is 11.1 Å². The molecule has 0 amide bonds. The lowest BCUT2D eigenvalue weighted by molar-refractivity contribution is 0.305. The van der Waals surface area contributed by atoms with Crippen molar-refractivity contribution in [3.63, 3.8) is 0 Å². The first-order chi connectivity index (χ1) is 17.6. The molecule has 2 heterocycles. The number of aromatic nitrogens is 2. The Morgan fingerprint density at radius 1 is 0.556 bits per heavy atom. The summed E-state index contributed by atoms with van der Waals surface area (Å²) in [6.07, 6.45) is 9.16. The van der Waals surface area contributed by atoms with Crippen LogP contribution in [0.1, 0.15) is 65.2 Å². The Bertz CT molecular complexity index is 1280. The molecule has 0 saturated carbocycles. The van der Waals surface area contributed by atoms with Crippen LogP contribution in [0.3, 0.4) is 0 Å². The number of unbranched alkanes of at least 4 members (excludes halogenated alkanes) is 6. The highest BCUT2D eigenvalue weighted by Crippen LogP contribution is 2.26. The van der Waals surface area contributed by atoms with E-state index in [-0.39, 0.29) is 10.4 Å². The molecule has 2 aliphatic rings. The number of rotatable bonds is 14. The minimum absolute atomic E-state index is 0.277. The first kappa shape index (κ1) is 25.5. The molecular formula is C30H34N2O4. The topological polar surface area (TPSA) is 78.4 Å². The number of benzene rings is 2. The summed E-state index contributed by atoms with van der Waals surface area (Å²) in [7, 11) is 0. The molecule has 0 N–H and O–H groups in total. The third-order valence-corrected chi connectivity index (χ3v) is 6.37. The number of nitrogens with zero attached hydrogens (tertiary/aromatic N) is 2. The van der Waals surface area contributed by atoms with Gasteiger partial charge in [0.05, 0.1) is 35.0 Å². The van der Waals surface area contributed by atoms with Crippen LogP contribution in [0.25, 0.3) is 22.5 Å². The molecule has 0 unspecified atom stereocenters. The lowest BCUT2D eigenvalue weighted by atomic mass is 10.1. The molecule has 36 heavy (non-hydrogen) atoms. The lowest BCUT2D eigenvalue weighted by Gasteiger charge is -2.06. The zero-order valence-corrected chi connectivity index (χ0v) is 21.2. The smallest absolute Gasteiger partial charge is 0.280 e. The fourth-order valence-corrected chi connectivity index (χ4v) is 4.35. The van der Waals surface area contributed by atoms with Crippen LogP contribution in [0.4, 0.5) is 0 Å². The summed E-state index contributed by atoms with van der Waals surface area (Å²) < 4.78 is 11.6. The molecule has 2 aromatic carbocycles. The van der Waals surface area contributed by atoms with Crippen molar-refractivity contribution >= 4 is 0 Å². The van der Waals surface area contributed by atoms with Crippen LogP contribution in [-0.2, 0) is 0 Å². The van der Waals surface area contributed by atoms with Gasteiger partial charge < -0.3 is 9.47 Å². The molecular weight excluding hydrogens is 452 g/mol. The molecule has 4 rings (SSSR count). The third-order valence-electron chi connectivity index (χ3n) is 6.37. The molecule has 0 radical (unpaired) electrons. The summed E-state index contributed by atoms with van der Waals surface area (Å²) in [5.74, 6) is 1.52. The monoisotopic (exact) mass is 486 g/mol. The Kier molecular flexibility index (Phi) is 8.82. The Morgan fingerprint density at radius 3 is 1.31 bits per heavy atom.